The Morgan fingerprint density at radius 1 is 0.864 bits per heavy atom. The third-order valence-electron chi connectivity index (χ3n) is 9.71. The molecule has 3 aliphatic rings. The standard InChI is InChI=1S/C31H48F2N4O5S2/c1-4-37(31(38)6-5-24-7-17-35(18-8-24)43(2,39)40)29-11-14-34(15-12-29)16-13-30(26-21-27(32)23-28(33)22-26)25-9-19-36(20-10-25)44(3,41)42/h5-6,21-25,29-30H,4,7-20H2,1-3H3/t30-/m1/s1. The van der Waals surface area contributed by atoms with Gasteiger partial charge >= 0.3 is 0 Å². The second-order valence-corrected chi connectivity index (χ2v) is 16.6. The molecule has 0 unspecified atom stereocenters. The highest BCUT2D eigenvalue weighted by molar-refractivity contribution is 7.88. The highest BCUT2D eigenvalue weighted by Crippen LogP contribution is 2.37. The molecule has 3 aliphatic heterocycles. The average Bonchev–Trinajstić information content (AvgIpc) is 2.96. The lowest BCUT2D eigenvalue weighted by Crippen LogP contribution is -2.47. The molecule has 0 saturated carbocycles. The van der Waals surface area contributed by atoms with Gasteiger partial charge in [0, 0.05) is 57.9 Å². The van der Waals surface area contributed by atoms with E-state index in [0.29, 0.717) is 70.4 Å². The second kappa shape index (κ2) is 15.1. The molecule has 0 N–H and O–H groups in total. The molecule has 4 rings (SSSR count). The van der Waals surface area contributed by atoms with E-state index < -0.39 is 31.7 Å². The first-order valence-electron chi connectivity index (χ1n) is 15.8. The van der Waals surface area contributed by atoms with Gasteiger partial charge in [0.15, 0.2) is 0 Å². The van der Waals surface area contributed by atoms with E-state index in [4.69, 9.17) is 0 Å². The van der Waals surface area contributed by atoms with Crippen LogP contribution in [0.2, 0.25) is 0 Å². The van der Waals surface area contributed by atoms with Crippen molar-refractivity contribution in [3.63, 3.8) is 0 Å². The van der Waals surface area contributed by atoms with Crippen LogP contribution >= 0.6 is 0 Å². The maximum atomic E-state index is 14.2. The monoisotopic (exact) mass is 658 g/mol. The molecule has 9 nitrogen and oxygen atoms in total. The van der Waals surface area contributed by atoms with Crippen molar-refractivity contribution in [3.05, 3.63) is 47.5 Å². The number of carbonyl (C=O) groups is 1. The number of benzene rings is 1. The molecule has 0 radical (unpaired) electrons. The van der Waals surface area contributed by atoms with Crippen molar-refractivity contribution in [1.29, 1.82) is 0 Å². The SMILES string of the molecule is CCN(C(=O)C=CC1CCN(S(C)(=O)=O)CC1)C1CCN(CC[C@@H](c2cc(F)cc(F)c2)C2CCN(S(C)(=O)=O)CC2)CC1. The number of halogens is 2. The van der Waals surface area contributed by atoms with E-state index >= 15 is 0 Å². The smallest absolute Gasteiger partial charge is 0.246 e. The molecular weight excluding hydrogens is 610 g/mol. The summed E-state index contributed by atoms with van der Waals surface area (Å²) in [5.74, 6) is -0.969. The van der Waals surface area contributed by atoms with Crippen LogP contribution in [0.3, 0.4) is 0 Å². The van der Waals surface area contributed by atoms with Crippen molar-refractivity contribution in [2.45, 2.75) is 63.8 Å². The van der Waals surface area contributed by atoms with Gasteiger partial charge in [0.25, 0.3) is 0 Å². The van der Waals surface area contributed by atoms with Gasteiger partial charge in [-0.15, -0.1) is 0 Å². The summed E-state index contributed by atoms with van der Waals surface area (Å²) < 4.78 is 78.9. The number of likely N-dealkylation sites (tertiary alicyclic amines) is 1. The van der Waals surface area contributed by atoms with Gasteiger partial charge in [0.05, 0.1) is 12.5 Å². The molecule has 1 atom stereocenters. The average molecular weight is 659 g/mol. The number of amides is 1. The first-order chi connectivity index (χ1) is 20.7. The van der Waals surface area contributed by atoms with Gasteiger partial charge in [0.1, 0.15) is 11.6 Å². The Kier molecular flexibility index (Phi) is 12.0. The Hall–Kier alpha value is -1.93. The number of rotatable bonds is 11. The van der Waals surface area contributed by atoms with Crippen LogP contribution < -0.4 is 0 Å². The van der Waals surface area contributed by atoms with Crippen LogP contribution in [0.1, 0.15) is 63.4 Å². The lowest BCUT2D eigenvalue weighted by atomic mass is 9.78. The summed E-state index contributed by atoms with van der Waals surface area (Å²) in [6.07, 6.45) is 11.2. The molecule has 44 heavy (non-hydrogen) atoms. The van der Waals surface area contributed by atoms with E-state index in [1.807, 2.05) is 17.9 Å². The number of allylic oxidation sites excluding steroid dienone is 1. The lowest BCUT2D eigenvalue weighted by molar-refractivity contribution is -0.129. The number of piperidine rings is 3. The zero-order valence-electron chi connectivity index (χ0n) is 26.2. The molecule has 3 fully saturated rings. The maximum Gasteiger partial charge on any atom is 0.246 e. The molecule has 0 aliphatic carbocycles. The number of nitrogens with zero attached hydrogens (tertiary/aromatic N) is 4. The molecule has 0 aromatic heterocycles. The number of sulfonamides is 2. The zero-order valence-corrected chi connectivity index (χ0v) is 27.8. The number of likely N-dealkylation sites (N-methyl/N-ethyl adjacent to an activating group) is 1. The van der Waals surface area contributed by atoms with Crippen LogP contribution in [0.15, 0.2) is 30.4 Å². The highest BCUT2D eigenvalue weighted by Gasteiger charge is 2.33. The fourth-order valence-corrected chi connectivity index (χ4v) is 8.91. The Bertz CT molecular complexity index is 1350. The molecule has 0 bridgehead atoms. The molecule has 248 valence electrons. The number of carbonyl (C=O) groups excluding carboxylic acids is 1. The summed E-state index contributed by atoms with van der Waals surface area (Å²) in [5.41, 5.74) is 0.631. The first-order valence-corrected chi connectivity index (χ1v) is 19.5. The van der Waals surface area contributed by atoms with Crippen molar-refractivity contribution in [2.24, 2.45) is 11.8 Å². The van der Waals surface area contributed by atoms with Crippen molar-refractivity contribution >= 4 is 26.0 Å². The molecule has 13 heteroatoms. The second-order valence-electron chi connectivity index (χ2n) is 12.7. The van der Waals surface area contributed by atoms with Crippen LogP contribution in [0, 0.1) is 23.5 Å². The van der Waals surface area contributed by atoms with Crippen molar-refractivity contribution < 1.29 is 30.4 Å². The van der Waals surface area contributed by atoms with Crippen LogP contribution in [-0.2, 0) is 24.8 Å². The highest BCUT2D eigenvalue weighted by atomic mass is 32.2. The van der Waals surface area contributed by atoms with Gasteiger partial charge in [-0.05, 0) is 99.9 Å². The Morgan fingerprint density at radius 3 is 1.89 bits per heavy atom. The normalized spacial score (nSPS) is 22.0. The van der Waals surface area contributed by atoms with E-state index in [-0.39, 0.29) is 29.7 Å². The van der Waals surface area contributed by atoms with Gasteiger partial charge in [-0.25, -0.2) is 34.2 Å². The molecule has 3 saturated heterocycles. The van der Waals surface area contributed by atoms with E-state index in [0.717, 1.165) is 38.5 Å². The summed E-state index contributed by atoms with van der Waals surface area (Å²) in [6, 6.07) is 3.84. The van der Waals surface area contributed by atoms with Crippen LogP contribution in [0.25, 0.3) is 0 Å². The zero-order chi connectivity index (χ0) is 32.1. The maximum absolute atomic E-state index is 14.2. The third-order valence-corrected chi connectivity index (χ3v) is 12.3. The van der Waals surface area contributed by atoms with Crippen LogP contribution in [0.4, 0.5) is 8.78 Å². The van der Waals surface area contributed by atoms with Gasteiger partial charge in [-0.2, -0.15) is 0 Å². The predicted octanol–water partition coefficient (Wildman–Crippen LogP) is 3.65. The Labute approximate surface area is 262 Å². The van der Waals surface area contributed by atoms with Crippen LogP contribution in [-0.4, -0.2) is 112 Å². The Balaban J connectivity index is 1.30. The molecule has 0 spiro atoms. The van der Waals surface area contributed by atoms with E-state index in [2.05, 4.69) is 4.90 Å². The van der Waals surface area contributed by atoms with E-state index in [1.165, 1.54) is 33.3 Å². The fraction of sp³-hybridized carbons (Fsp3) is 0.710. The third kappa shape index (κ3) is 9.54. The number of hydrogen-bond acceptors (Lipinski definition) is 6. The molecule has 1 aromatic rings. The quantitative estimate of drug-likeness (QED) is 0.337. The largest absolute Gasteiger partial charge is 0.336 e. The minimum Gasteiger partial charge on any atom is -0.336 e. The van der Waals surface area contributed by atoms with Gasteiger partial charge in [0.2, 0.25) is 26.0 Å². The summed E-state index contributed by atoms with van der Waals surface area (Å²) in [5, 5.41) is 0. The summed E-state index contributed by atoms with van der Waals surface area (Å²) >= 11 is 0. The van der Waals surface area contributed by atoms with Crippen molar-refractivity contribution in [1.82, 2.24) is 18.4 Å². The predicted molar refractivity (Wildman–Crippen MR) is 168 cm³/mol. The van der Waals surface area contributed by atoms with E-state index in [1.54, 1.807) is 6.08 Å². The van der Waals surface area contributed by atoms with Gasteiger partial charge in [-0.1, -0.05) is 6.08 Å². The molecule has 1 aromatic carbocycles. The Morgan fingerprint density at radius 2 is 1.39 bits per heavy atom. The minimum absolute atomic E-state index is 0.00914. The number of hydrogen-bond donors (Lipinski definition) is 0. The summed E-state index contributed by atoms with van der Waals surface area (Å²) in [4.78, 5) is 17.4. The topological polar surface area (TPSA) is 98.3 Å². The summed E-state index contributed by atoms with van der Waals surface area (Å²) in [6.45, 7) is 6.78. The van der Waals surface area contributed by atoms with Gasteiger partial charge < -0.3 is 9.80 Å². The molecule has 1 amide bonds. The lowest BCUT2D eigenvalue weighted by Gasteiger charge is -2.39. The van der Waals surface area contributed by atoms with Crippen molar-refractivity contribution in [2.75, 3.05) is 64.9 Å². The van der Waals surface area contributed by atoms with E-state index in [9.17, 15) is 30.4 Å². The van der Waals surface area contributed by atoms with Crippen molar-refractivity contribution in [3.8, 4) is 0 Å². The van der Waals surface area contributed by atoms with Crippen LogP contribution in [0.5, 0.6) is 0 Å². The minimum atomic E-state index is -3.27. The summed E-state index contributed by atoms with van der Waals surface area (Å²) in [7, 11) is -6.45. The molecular formula is C31H48F2N4O5S2. The molecule has 3 heterocycles. The first kappa shape index (κ1) is 34.9. The van der Waals surface area contributed by atoms with Gasteiger partial charge in [-0.3, -0.25) is 4.79 Å². The fourth-order valence-electron chi connectivity index (χ4n) is 7.16.